The van der Waals surface area contributed by atoms with Gasteiger partial charge in [-0.1, -0.05) is 43.3 Å². The minimum absolute atomic E-state index is 0.153. The van der Waals surface area contributed by atoms with E-state index in [1.54, 1.807) is 10.4 Å². The normalized spacial score (nSPS) is 17.6. The average Bonchev–Trinajstić information content (AvgIpc) is 3.17. The molecule has 0 saturated carbocycles. The van der Waals surface area contributed by atoms with Gasteiger partial charge >= 0.3 is 0 Å². The second kappa shape index (κ2) is 7.77. The number of nitrogens with one attached hydrogen (secondary N) is 1. The van der Waals surface area contributed by atoms with Gasteiger partial charge in [0.25, 0.3) is 0 Å². The minimum atomic E-state index is -3.63. The first-order chi connectivity index (χ1) is 15.0. The summed E-state index contributed by atoms with van der Waals surface area (Å²) < 4.78 is 28.7. The lowest BCUT2D eigenvalue weighted by Gasteiger charge is -2.27. The van der Waals surface area contributed by atoms with Gasteiger partial charge in [-0.05, 0) is 54.5 Å². The van der Waals surface area contributed by atoms with Crippen LogP contribution in [0.15, 0.2) is 53.4 Å². The van der Waals surface area contributed by atoms with Crippen LogP contribution >= 0.6 is 0 Å². The second-order valence-electron chi connectivity index (χ2n) is 8.32. The molecule has 0 unspecified atom stereocenters. The number of aryl methyl sites for hydroxylation is 2. The van der Waals surface area contributed by atoms with Gasteiger partial charge in [0.05, 0.1) is 4.90 Å². The molecule has 0 bridgehead atoms. The molecule has 1 N–H and O–H groups in total. The Morgan fingerprint density at radius 1 is 1.06 bits per heavy atom. The highest BCUT2D eigenvalue weighted by atomic mass is 32.2. The molecule has 1 aromatic heterocycles. The first-order valence-corrected chi connectivity index (χ1v) is 12.4. The van der Waals surface area contributed by atoms with E-state index in [-0.39, 0.29) is 5.78 Å². The van der Waals surface area contributed by atoms with E-state index in [9.17, 15) is 13.2 Å². The lowest BCUT2D eigenvalue weighted by atomic mass is 9.94. The van der Waals surface area contributed by atoms with Crippen molar-refractivity contribution in [1.29, 1.82) is 0 Å². The van der Waals surface area contributed by atoms with Crippen LogP contribution in [0.1, 0.15) is 53.4 Å². The summed E-state index contributed by atoms with van der Waals surface area (Å²) in [4.78, 5) is 16.2. The number of hydrogen-bond acceptors (Lipinski definition) is 3. The number of rotatable bonds is 4. The van der Waals surface area contributed by atoms with Crippen LogP contribution in [0.25, 0.3) is 16.5 Å². The van der Waals surface area contributed by atoms with E-state index in [1.165, 1.54) is 5.57 Å². The van der Waals surface area contributed by atoms with Gasteiger partial charge in [-0.25, -0.2) is 8.42 Å². The van der Waals surface area contributed by atoms with Crippen molar-refractivity contribution in [2.75, 3.05) is 13.1 Å². The summed E-state index contributed by atoms with van der Waals surface area (Å²) in [6, 6.07) is 13.8. The first-order valence-electron chi connectivity index (χ1n) is 10.9. The number of aromatic amines is 1. The summed E-state index contributed by atoms with van der Waals surface area (Å²) in [6.07, 6.45) is 5.54. The van der Waals surface area contributed by atoms with Crippen LogP contribution in [0.3, 0.4) is 0 Å². The Morgan fingerprint density at radius 2 is 1.87 bits per heavy atom. The standard InChI is InChI=1S/C25H26N2O3S/c1-2-17-15-20-22(26-21-9-6-10-23(28)25(20)21)16-24(17)31(29,30)27-13-11-19(12-14-27)18-7-4-3-5-8-18/h3-5,7-8,11,15-16,26H,2,6,9-10,12-14H2,1H3. The Kier molecular flexibility index (Phi) is 5.07. The molecule has 5 nitrogen and oxygen atoms in total. The van der Waals surface area contributed by atoms with E-state index >= 15 is 0 Å². The molecule has 160 valence electrons. The van der Waals surface area contributed by atoms with E-state index in [0.29, 0.717) is 37.2 Å². The van der Waals surface area contributed by atoms with E-state index in [0.717, 1.165) is 46.1 Å². The molecule has 3 aromatic rings. The SMILES string of the molecule is CCc1cc2c3c([nH]c2cc1S(=O)(=O)N1CC=C(c2ccccc2)CC1)CCCC3=O. The number of carbonyl (C=O) groups excluding carboxylic acids is 1. The zero-order chi connectivity index (χ0) is 21.6. The molecule has 0 atom stereocenters. The number of Topliss-reactive ketones (excluding diaryl/α,β-unsaturated/α-hetero) is 1. The number of nitrogens with zero attached hydrogens (tertiary/aromatic N) is 1. The van der Waals surface area contributed by atoms with Crippen molar-refractivity contribution in [3.8, 4) is 0 Å². The van der Waals surface area contributed by atoms with Crippen LogP contribution in [0.2, 0.25) is 0 Å². The van der Waals surface area contributed by atoms with Crippen molar-refractivity contribution in [2.24, 2.45) is 0 Å². The number of benzene rings is 2. The fourth-order valence-electron chi connectivity index (χ4n) is 4.82. The Bertz CT molecular complexity index is 1300. The monoisotopic (exact) mass is 434 g/mol. The molecule has 0 saturated heterocycles. The summed E-state index contributed by atoms with van der Waals surface area (Å²) in [5.74, 6) is 0.153. The van der Waals surface area contributed by atoms with Crippen molar-refractivity contribution in [3.05, 3.63) is 70.9 Å². The average molecular weight is 435 g/mol. The quantitative estimate of drug-likeness (QED) is 0.645. The molecule has 2 aliphatic rings. The van der Waals surface area contributed by atoms with E-state index in [2.05, 4.69) is 17.1 Å². The minimum Gasteiger partial charge on any atom is -0.358 e. The van der Waals surface area contributed by atoms with Gasteiger partial charge in [-0.15, -0.1) is 0 Å². The van der Waals surface area contributed by atoms with E-state index < -0.39 is 10.0 Å². The van der Waals surface area contributed by atoms with Gasteiger partial charge in [0.2, 0.25) is 10.0 Å². The number of ketones is 1. The number of carbonyl (C=O) groups is 1. The maximum atomic E-state index is 13.6. The summed E-state index contributed by atoms with van der Waals surface area (Å²) >= 11 is 0. The number of fused-ring (bicyclic) bond motifs is 3. The van der Waals surface area contributed by atoms with Crippen LogP contribution in [0, 0.1) is 0 Å². The van der Waals surface area contributed by atoms with Crippen molar-refractivity contribution in [1.82, 2.24) is 9.29 Å². The number of hydrogen-bond donors (Lipinski definition) is 1. The summed E-state index contributed by atoms with van der Waals surface area (Å²) in [6.45, 7) is 2.79. The molecule has 2 aromatic carbocycles. The largest absolute Gasteiger partial charge is 0.358 e. The molecule has 0 spiro atoms. The molecule has 2 heterocycles. The van der Waals surface area contributed by atoms with Gasteiger partial charge < -0.3 is 4.98 Å². The molecule has 0 amide bonds. The maximum Gasteiger partial charge on any atom is 0.243 e. The summed E-state index contributed by atoms with van der Waals surface area (Å²) in [5.41, 5.74) is 5.55. The molecular weight excluding hydrogens is 408 g/mol. The smallest absolute Gasteiger partial charge is 0.243 e. The van der Waals surface area contributed by atoms with Crippen molar-refractivity contribution < 1.29 is 13.2 Å². The van der Waals surface area contributed by atoms with Crippen LogP contribution < -0.4 is 0 Å². The molecule has 1 aliphatic heterocycles. The topological polar surface area (TPSA) is 70.2 Å². The molecule has 0 fully saturated rings. The zero-order valence-corrected chi connectivity index (χ0v) is 18.5. The zero-order valence-electron chi connectivity index (χ0n) is 17.6. The highest BCUT2D eigenvalue weighted by Gasteiger charge is 2.30. The molecule has 5 rings (SSSR count). The first kappa shape index (κ1) is 20.2. The molecular formula is C25H26N2O3S. The van der Waals surface area contributed by atoms with Gasteiger partial charge in [-0.2, -0.15) is 4.31 Å². The van der Waals surface area contributed by atoms with Gasteiger partial charge in [-0.3, -0.25) is 4.79 Å². The number of H-pyrrole nitrogens is 1. The molecule has 0 radical (unpaired) electrons. The predicted molar refractivity (Wildman–Crippen MR) is 123 cm³/mol. The Hall–Kier alpha value is -2.70. The highest BCUT2D eigenvalue weighted by Crippen LogP contribution is 2.34. The lowest BCUT2D eigenvalue weighted by Crippen LogP contribution is -2.35. The Balaban J connectivity index is 1.52. The number of aromatic nitrogens is 1. The van der Waals surface area contributed by atoms with Gasteiger partial charge in [0.1, 0.15) is 0 Å². The Morgan fingerprint density at radius 3 is 2.58 bits per heavy atom. The van der Waals surface area contributed by atoms with Crippen LogP contribution in [0.4, 0.5) is 0 Å². The van der Waals surface area contributed by atoms with Crippen molar-refractivity contribution in [2.45, 2.75) is 43.9 Å². The third-order valence-corrected chi connectivity index (χ3v) is 8.43. The van der Waals surface area contributed by atoms with Crippen molar-refractivity contribution in [3.63, 3.8) is 0 Å². The van der Waals surface area contributed by atoms with Crippen LogP contribution in [0.5, 0.6) is 0 Å². The molecule has 6 heteroatoms. The molecule has 31 heavy (non-hydrogen) atoms. The van der Waals surface area contributed by atoms with E-state index in [4.69, 9.17) is 0 Å². The van der Waals surface area contributed by atoms with Gasteiger partial charge in [0.15, 0.2) is 5.78 Å². The fourth-order valence-corrected chi connectivity index (χ4v) is 6.50. The molecule has 1 aliphatic carbocycles. The third-order valence-electron chi connectivity index (χ3n) is 6.48. The summed E-state index contributed by atoms with van der Waals surface area (Å²) in [5, 5.41) is 0.861. The van der Waals surface area contributed by atoms with Gasteiger partial charge in [0, 0.05) is 41.7 Å². The second-order valence-corrected chi connectivity index (χ2v) is 10.2. The lowest BCUT2D eigenvalue weighted by molar-refractivity contribution is 0.0974. The van der Waals surface area contributed by atoms with E-state index in [1.807, 2.05) is 37.3 Å². The van der Waals surface area contributed by atoms with Crippen molar-refractivity contribution >= 4 is 32.3 Å². The third kappa shape index (κ3) is 3.44. The number of sulfonamides is 1. The maximum absolute atomic E-state index is 13.6. The Labute approximate surface area is 182 Å². The highest BCUT2D eigenvalue weighted by molar-refractivity contribution is 7.89. The van der Waals surface area contributed by atoms with Crippen LogP contribution in [-0.2, 0) is 22.9 Å². The van der Waals surface area contributed by atoms with Crippen LogP contribution in [-0.4, -0.2) is 36.6 Å². The fraction of sp³-hybridized carbons (Fsp3) is 0.320. The summed E-state index contributed by atoms with van der Waals surface area (Å²) in [7, 11) is -3.63. The predicted octanol–water partition coefficient (Wildman–Crippen LogP) is 4.73.